The summed E-state index contributed by atoms with van der Waals surface area (Å²) in [7, 11) is 1.76. The minimum Gasteiger partial charge on any atom is -0.493 e. The number of hydrogen-bond acceptors (Lipinski definition) is 4. The number of carbonyl (C=O) groups excluding carboxylic acids is 1. The van der Waals surface area contributed by atoms with Crippen LogP contribution in [0.5, 0.6) is 5.75 Å². The highest BCUT2D eigenvalue weighted by atomic mass is 16.5. The Balaban J connectivity index is 1.35. The third kappa shape index (κ3) is 6.08. The summed E-state index contributed by atoms with van der Waals surface area (Å²) in [5.41, 5.74) is 0.745. The average Bonchev–Trinajstić information content (AvgIpc) is 2.71. The maximum absolute atomic E-state index is 12.1. The van der Waals surface area contributed by atoms with Crippen molar-refractivity contribution in [3.63, 3.8) is 0 Å². The van der Waals surface area contributed by atoms with Crippen molar-refractivity contribution in [3.05, 3.63) is 40.7 Å². The van der Waals surface area contributed by atoms with Gasteiger partial charge in [0.15, 0.2) is 0 Å². The minimum atomic E-state index is -0.0982. The lowest BCUT2D eigenvalue weighted by molar-refractivity contribution is -0.121. The van der Waals surface area contributed by atoms with Crippen molar-refractivity contribution in [1.29, 1.82) is 0 Å². The first-order valence-corrected chi connectivity index (χ1v) is 11.1. The van der Waals surface area contributed by atoms with E-state index in [1.165, 1.54) is 25.6 Å². The highest BCUT2D eigenvalue weighted by molar-refractivity contribution is 5.85. The van der Waals surface area contributed by atoms with Crippen molar-refractivity contribution < 1.29 is 9.53 Å². The molecule has 0 saturated carbocycles. The highest BCUT2D eigenvalue weighted by Gasteiger charge is 2.21. The number of ether oxygens (including phenoxy) is 1. The summed E-state index contributed by atoms with van der Waals surface area (Å²) >= 11 is 0. The van der Waals surface area contributed by atoms with E-state index in [2.05, 4.69) is 24.1 Å². The van der Waals surface area contributed by atoms with Crippen LogP contribution in [0.4, 0.5) is 0 Å². The van der Waals surface area contributed by atoms with Gasteiger partial charge in [0.05, 0.1) is 12.1 Å². The summed E-state index contributed by atoms with van der Waals surface area (Å²) in [5.74, 6) is 2.18. The van der Waals surface area contributed by atoms with Crippen LogP contribution in [0.15, 0.2) is 35.1 Å². The number of amides is 1. The smallest absolute Gasteiger partial charge is 0.254 e. The second-order valence-electron chi connectivity index (χ2n) is 8.78. The van der Waals surface area contributed by atoms with Crippen molar-refractivity contribution >= 4 is 16.8 Å². The van der Waals surface area contributed by atoms with Crippen molar-refractivity contribution in [2.45, 2.75) is 39.5 Å². The predicted octanol–water partition coefficient (Wildman–Crippen LogP) is 3.18. The molecule has 1 fully saturated rings. The van der Waals surface area contributed by atoms with Gasteiger partial charge in [0.2, 0.25) is 5.91 Å². The summed E-state index contributed by atoms with van der Waals surface area (Å²) in [6, 6.07) is 9.20. The Kier molecular flexibility index (Phi) is 7.91. The zero-order valence-corrected chi connectivity index (χ0v) is 18.5. The molecule has 1 saturated heterocycles. The fourth-order valence-corrected chi connectivity index (χ4v) is 4.51. The number of aromatic nitrogens is 1. The Morgan fingerprint density at radius 2 is 1.90 bits per heavy atom. The van der Waals surface area contributed by atoms with Gasteiger partial charge in [0, 0.05) is 44.6 Å². The van der Waals surface area contributed by atoms with Crippen LogP contribution in [0, 0.1) is 11.8 Å². The lowest BCUT2D eigenvalue weighted by Gasteiger charge is -2.34. The second-order valence-corrected chi connectivity index (χ2v) is 8.78. The van der Waals surface area contributed by atoms with Gasteiger partial charge < -0.3 is 19.5 Å². The first-order chi connectivity index (χ1) is 14.4. The first-order valence-electron chi connectivity index (χ1n) is 11.1. The molecule has 1 aromatic heterocycles. The zero-order chi connectivity index (χ0) is 21.5. The molecule has 1 N–H and O–H groups in total. The molecule has 164 valence electrons. The number of pyridine rings is 1. The molecule has 0 radical (unpaired) electrons. The number of hydrogen-bond donors (Lipinski definition) is 1. The van der Waals surface area contributed by atoms with Crippen LogP contribution in [-0.4, -0.2) is 48.2 Å². The maximum atomic E-state index is 12.1. The number of nitrogens with one attached hydrogen (secondary N) is 1. The molecule has 6 nitrogen and oxygen atoms in total. The molecule has 0 spiro atoms. The van der Waals surface area contributed by atoms with E-state index in [0.29, 0.717) is 25.2 Å². The van der Waals surface area contributed by atoms with E-state index >= 15 is 0 Å². The Bertz CT molecular complexity index is 898. The van der Waals surface area contributed by atoms with Crippen LogP contribution < -0.4 is 15.6 Å². The molecule has 0 aliphatic carbocycles. The Morgan fingerprint density at radius 1 is 1.17 bits per heavy atom. The zero-order valence-electron chi connectivity index (χ0n) is 18.5. The molecule has 2 atom stereocenters. The SMILES string of the molecule is CC1CC(C)CN(CCCNC(=O)CCCOc2cc(=O)n(C)c3ccccc23)C1. The Labute approximate surface area is 179 Å². The monoisotopic (exact) mass is 413 g/mol. The van der Waals surface area contributed by atoms with E-state index < -0.39 is 0 Å². The summed E-state index contributed by atoms with van der Waals surface area (Å²) in [6.45, 7) is 9.17. The van der Waals surface area contributed by atoms with Crippen molar-refractivity contribution in [2.75, 3.05) is 32.8 Å². The van der Waals surface area contributed by atoms with E-state index in [9.17, 15) is 9.59 Å². The van der Waals surface area contributed by atoms with Crippen molar-refractivity contribution in [2.24, 2.45) is 18.9 Å². The lowest BCUT2D eigenvalue weighted by Crippen LogP contribution is -2.40. The minimum absolute atomic E-state index is 0.0628. The Morgan fingerprint density at radius 3 is 2.67 bits per heavy atom. The Hall–Kier alpha value is -2.34. The van der Waals surface area contributed by atoms with Gasteiger partial charge in [0.1, 0.15) is 5.75 Å². The predicted molar refractivity (Wildman–Crippen MR) is 121 cm³/mol. The van der Waals surface area contributed by atoms with E-state index in [-0.39, 0.29) is 11.5 Å². The van der Waals surface area contributed by atoms with Gasteiger partial charge in [-0.1, -0.05) is 26.0 Å². The van der Waals surface area contributed by atoms with Crippen LogP contribution in [0.3, 0.4) is 0 Å². The molecule has 1 amide bonds. The third-order valence-electron chi connectivity index (χ3n) is 5.84. The lowest BCUT2D eigenvalue weighted by atomic mass is 9.92. The summed E-state index contributed by atoms with van der Waals surface area (Å²) < 4.78 is 7.44. The number of aryl methyl sites for hydroxylation is 1. The van der Waals surface area contributed by atoms with Crippen molar-refractivity contribution in [3.8, 4) is 5.75 Å². The van der Waals surface area contributed by atoms with E-state index in [0.717, 1.165) is 42.2 Å². The number of benzene rings is 1. The van der Waals surface area contributed by atoms with E-state index in [4.69, 9.17) is 4.74 Å². The number of carbonyl (C=O) groups is 1. The number of rotatable bonds is 9. The molecular weight excluding hydrogens is 378 g/mol. The van der Waals surface area contributed by atoms with E-state index in [1.54, 1.807) is 11.6 Å². The van der Waals surface area contributed by atoms with Crippen LogP contribution >= 0.6 is 0 Å². The molecule has 3 rings (SSSR count). The fourth-order valence-electron chi connectivity index (χ4n) is 4.51. The molecule has 30 heavy (non-hydrogen) atoms. The fraction of sp³-hybridized carbons (Fsp3) is 0.583. The summed E-state index contributed by atoms with van der Waals surface area (Å²) in [4.78, 5) is 26.7. The van der Waals surface area contributed by atoms with Crippen LogP contribution in [0.2, 0.25) is 0 Å². The molecule has 1 aliphatic heterocycles. The van der Waals surface area contributed by atoms with Gasteiger partial charge >= 0.3 is 0 Å². The molecule has 6 heteroatoms. The van der Waals surface area contributed by atoms with Gasteiger partial charge in [-0.2, -0.15) is 0 Å². The largest absolute Gasteiger partial charge is 0.493 e. The van der Waals surface area contributed by atoms with Crippen LogP contribution in [0.1, 0.15) is 39.5 Å². The number of para-hydroxylation sites is 1. The topological polar surface area (TPSA) is 63.6 Å². The quantitative estimate of drug-likeness (QED) is 0.642. The molecule has 2 heterocycles. The molecular formula is C24H35N3O3. The van der Waals surface area contributed by atoms with Gasteiger partial charge in [-0.25, -0.2) is 0 Å². The van der Waals surface area contributed by atoms with E-state index in [1.807, 2.05) is 24.3 Å². The van der Waals surface area contributed by atoms with Gasteiger partial charge in [-0.3, -0.25) is 9.59 Å². The summed E-state index contributed by atoms with van der Waals surface area (Å²) in [6.07, 6.45) is 3.36. The van der Waals surface area contributed by atoms with Crippen molar-refractivity contribution in [1.82, 2.24) is 14.8 Å². The number of piperidine rings is 1. The first kappa shape index (κ1) is 22.3. The molecule has 1 aromatic carbocycles. The number of fused-ring (bicyclic) bond motifs is 1. The standard InChI is InChI=1S/C24H35N3O3/c1-18-14-19(2)17-27(16-18)12-7-11-25-23(28)10-6-13-30-22-15-24(29)26(3)21-9-5-4-8-20(21)22/h4-5,8-9,15,18-19H,6-7,10-14,16-17H2,1-3H3,(H,25,28). The van der Waals surface area contributed by atoms with Gasteiger partial charge in [-0.15, -0.1) is 0 Å². The van der Waals surface area contributed by atoms with Crippen LogP contribution in [-0.2, 0) is 11.8 Å². The maximum Gasteiger partial charge on any atom is 0.254 e. The van der Waals surface area contributed by atoms with Crippen LogP contribution in [0.25, 0.3) is 10.9 Å². The molecule has 2 aromatic rings. The highest BCUT2D eigenvalue weighted by Crippen LogP contribution is 2.23. The normalized spacial score (nSPS) is 19.7. The molecule has 0 bridgehead atoms. The number of nitrogens with zero attached hydrogens (tertiary/aromatic N) is 2. The summed E-state index contributed by atoms with van der Waals surface area (Å²) in [5, 5.41) is 3.92. The average molecular weight is 414 g/mol. The van der Waals surface area contributed by atoms with Gasteiger partial charge in [-0.05, 0) is 49.8 Å². The van der Waals surface area contributed by atoms with Gasteiger partial charge in [0.25, 0.3) is 5.56 Å². The molecule has 2 unspecified atom stereocenters. The third-order valence-corrected chi connectivity index (χ3v) is 5.84. The molecule has 1 aliphatic rings. The second kappa shape index (κ2) is 10.6. The number of likely N-dealkylation sites (tertiary alicyclic amines) is 1.